The maximum absolute atomic E-state index is 12.9. The van der Waals surface area contributed by atoms with Crippen LogP contribution >= 0.6 is 0 Å². The Kier molecular flexibility index (Phi) is 8.45. The summed E-state index contributed by atoms with van der Waals surface area (Å²) in [6, 6.07) is 11.4. The summed E-state index contributed by atoms with van der Waals surface area (Å²) < 4.78 is 53.7. The number of carbonyl (C=O) groups is 2. The van der Waals surface area contributed by atoms with E-state index in [0.29, 0.717) is 22.7 Å². The molecule has 3 rings (SSSR count). The summed E-state index contributed by atoms with van der Waals surface area (Å²) in [4.78, 5) is 30.4. The lowest BCUT2D eigenvalue weighted by molar-refractivity contribution is -0.149. The molecule has 2 aromatic carbocycles. The van der Waals surface area contributed by atoms with Crippen molar-refractivity contribution in [1.29, 1.82) is 0 Å². The molecule has 0 spiro atoms. The molecule has 0 aliphatic heterocycles. The van der Waals surface area contributed by atoms with Crippen LogP contribution < -0.4 is 4.74 Å². The third-order valence-electron chi connectivity index (χ3n) is 5.00. The lowest BCUT2D eigenvalue weighted by Crippen LogP contribution is -2.36. The molecular formula is C24H24F3N3O5. The zero-order valence-electron chi connectivity index (χ0n) is 19.2. The van der Waals surface area contributed by atoms with Crippen molar-refractivity contribution in [3.8, 4) is 17.1 Å². The van der Waals surface area contributed by atoms with Gasteiger partial charge in [0.2, 0.25) is 17.6 Å². The van der Waals surface area contributed by atoms with Gasteiger partial charge in [0.15, 0.2) is 0 Å². The van der Waals surface area contributed by atoms with Crippen molar-refractivity contribution in [3.05, 3.63) is 65.5 Å². The van der Waals surface area contributed by atoms with Gasteiger partial charge in [-0.15, -0.1) is 0 Å². The zero-order valence-corrected chi connectivity index (χ0v) is 19.2. The van der Waals surface area contributed by atoms with Crippen molar-refractivity contribution in [2.75, 3.05) is 20.3 Å². The summed E-state index contributed by atoms with van der Waals surface area (Å²) in [5.41, 5.74) is 0.349. The van der Waals surface area contributed by atoms with Crippen molar-refractivity contribution in [1.82, 2.24) is 15.0 Å². The molecule has 3 aromatic rings. The summed E-state index contributed by atoms with van der Waals surface area (Å²) in [7, 11) is 1.56. The van der Waals surface area contributed by atoms with Crippen LogP contribution in [0.2, 0.25) is 0 Å². The fourth-order valence-corrected chi connectivity index (χ4v) is 3.20. The van der Waals surface area contributed by atoms with Crippen molar-refractivity contribution in [2.24, 2.45) is 0 Å². The molecule has 0 unspecified atom stereocenters. The number of nitrogens with zero attached hydrogens (tertiary/aromatic N) is 3. The molecule has 0 bridgehead atoms. The number of ether oxygens (including phenoxy) is 2. The number of hydrogen-bond donors (Lipinski definition) is 0. The lowest BCUT2D eigenvalue weighted by Gasteiger charge is -2.22. The van der Waals surface area contributed by atoms with Crippen LogP contribution in [-0.4, -0.2) is 47.2 Å². The second-order valence-electron chi connectivity index (χ2n) is 7.49. The number of benzene rings is 2. The van der Waals surface area contributed by atoms with Gasteiger partial charge in [-0.25, -0.2) is 0 Å². The van der Waals surface area contributed by atoms with E-state index in [1.54, 1.807) is 38.3 Å². The molecule has 186 valence electrons. The Balaban J connectivity index is 1.66. The molecular weight excluding hydrogens is 467 g/mol. The Hall–Kier alpha value is -3.89. The average Bonchev–Trinajstić information content (AvgIpc) is 3.31. The number of amides is 1. The Morgan fingerprint density at radius 1 is 1.06 bits per heavy atom. The normalized spacial score (nSPS) is 11.2. The van der Waals surface area contributed by atoms with Crippen LogP contribution in [-0.2, 0) is 33.5 Å². The summed E-state index contributed by atoms with van der Waals surface area (Å²) in [6.45, 7) is 1.37. The van der Waals surface area contributed by atoms with E-state index >= 15 is 0 Å². The minimum atomic E-state index is -4.46. The van der Waals surface area contributed by atoms with Crippen molar-refractivity contribution >= 4 is 11.9 Å². The van der Waals surface area contributed by atoms with E-state index in [9.17, 15) is 22.8 Å². The Bertz CT molecular complexity index is 1130. The molecule has 0 saturated carbocycles. The third kappa shape index (κ3) is 7.29. The minimum absolute atomic E-state index is 0.0513. The highest BCUT2D eigenvalue weighted by atomic mass is 19.4. The van der Waals surface area contributed by atoms with E-state index in [4.69, 9.17) is 14.0 Å². The predicted molar refractivity (Wildman–Crippen MR) is 118 cm³/mol. The van der Waals surface area contributed by atoms with Gasteiger partial charge in [0.25, 0.3) is 0 Å². The standard InChI is InChI=1S/C24H24F3N3O5/c1-3-34-22(32)15-30(14-16-4-8-18(9-5-16)24(25,26)27)21(31)13-12-20-28-23(29-35-20)17-6-10-19(33-2)11-7-17/h4-11H,3,12-15H2,1-2H3. The molecule has 0 atom stereocenters. The van der Waals surface area contributed by atoms with Gasteiger partial charge < -0.3 is 18.9 Å². The van der Waals surface area contributed by atoms with E-state index in [1.807, 2.05) is 0 Å². The largest absolute Gasteiger partial charge is 0.497 e. The smallest absolute Gasteiger partial charge is 0.416 e. The number of esters is 1. The molecule has 11 heteroatoms. The summed E-state index contributed by atoms with van der Waals surface area (Å²) in [5.74, 6) is 0.227. The average molecular weight is 491 g/mol. The van der Waals surface area contributed by atoms with Crippen LogP contribution in [0.1, 0.15) is 30.4 Å². The van der Waals surface area contributed by atoms with E-state index in [1.165, 1.54) is 17.0 Å². The van der Waals surface area contributed by atoms with Gasteiger partial charge in [-0.3, -0.25) is 9.59 Å². The Labute approximate surface area is 199 Å². The SMILES string of the molecule is CCOC(=O)CN(Cc1ccc(C(F)(F)F)cc1)C(=O)CCc1nc(-c2ccc(OC)cc2)no1. The van der Waals surface area contributed by atoms with E-state index in [0.717, 1.165) is 12.1 Å². The van der Waals surface area contributed by atoms with Gasteiger partial charge >= 0.3 is 12.1 Å². The van der Waals surface area contributed by atoms with Gasteiger partial charge in [-0.05, 0) is 48.9 Å². The fraction of sp³-hybridized carbons (Fsp3) is 0.333. The van der Waals surface area contributed by atoms with E-state index in [-0.39, 0.29) is 38.4 Å². The summed E-state index contributed by atoms with van der Waals surface area (Å²) in [6.07, 6.45) is -4.40. The highest BCUT2D eigenvalue weighted by molar-refractivity contribution is 5.82. The first kappa shape index (κ1) is 25.7. The van der Waals surface area contributed by atoms with Crippen molar-refractivity contribution < 1.29 is 36.8 Å². The van der Waals surface area contributed by atoms with Gasteiger partial charge in [0.05, 0.1) is 19.3 Å². The molecule has 0 aliphatic carbocycles. The maximum Gasteiger partial charge on any atom is 0.416 e. The number of halogens is 3. The molecule has 1 aromatic heterocycles. The van der Waals surface area contributed by atoms with Crippen LogP contribution in [0.5, 0.6) is 5.75 Å². The number of aromatic nitrogens is 2. The van der Waals surface area contributed by atoms with Crippen LogP contribution in [0.15, 0.2) is 53.1 Å². The quantitative estimate of drug-likeness (QED) is 0.391. The number of alkyl halides is 3. The molecule has 0 aliphatic rings. The van der Waals surface area contributed by atoms with E-state index in [2.05, 4.69) is 10.1 Å². The number of rotatable bonds is 10. The first-order chi connectivity index (χ1) is 16.7. The lowest BCUT2D eigenvalue weighted by atomic mass is 10.1. The number of aryl methyl sites for hydroxylation is 1. The molecule has 8 nitrogen and oxygen atoms in total. The maximum atomic E-state index is 12.9. The molecule has 1 heterocycles. The van der Waals surface area contributed by atoms with Crippen LogP contribution in [0.3, 0.4) is 0 Å². The van der Waals surface area contributed by atoms with E-state index < -0.39 is 23.6 Å². The van der Waals surface area contributed by atoms with Crippen LogP contribution in [0, 0.1) is 0 Å². The van der Waals surface area contributed by atoms with Crippen molar-refractivity contribution in [2.45, 2.75) is 32.5 Å². The Morgan fingerprint density at radius 3 is 2.34 bits per heavy atom. The monoisotopic (exact) mass is 491 g/mol. The minimum Gasteiger partial charge on any atom is -0.497 e. The highest BCUT2D eigenvalue weighted by Gasteiger charge is 2.30. The number of hydrogen-bond acceptors (Lipinski definition) is 7. The second kappa shape index (κ2) is 11.5. The second-order valence-corrected chi connectivity index (χ2v) is 7.49. The molecule has 0 saturated heterocycles. The van der Waals surface area contributed by atoms with Gasteiger partial charge in [-0.1, -0.05) is 17.3 Å². The van der Waals surface area contributed by atoms with Crippen LogP contribution in [0.25, 0.3) is 11.4 Å². The van der Waals surface area contributed by atoms with Crippen molar-refractivity contribution in [3.63, 3.8) is 0 Å². The Morgan fingerprint density at radius 2 is 1.74 bits per heavy atom. The van der Waals surface area contributed by atoms with Crippen LogP contribution in [0.4, 0.5) is 13.2 Å². The molecule has 0 radical (unpaired) electrons. The summed E-state index contributed by atoms with van der Waals surface area (Å²) >= 11 is 0. The van der Waals surface area contributed by atoms with Gasteiger partial charge in [0, 0.05) is 24.9 Å². The first-order valence-corrected chi connectivity index (χ1v) is 10.8. The molecule has 0 N–H and O–H groups in total. The molecule has 35 heavy (non-hydrogen) atoms. The van der Waals surface area contributed by atoms with Gasteiger partial charge in [-0.2, -0.15) is 18.2 Å². The number of methoxy groups -OCH3 is 1. The predicted octanol–water partition coefficient (Wildman–Crippen LogP) is 4.29. The highest BCUT2D eigenvalue weighted by Crippen LogP contribution is 2.29. The molecule has 1 amide bonds. The topological polar surface area (TPSA) is 94.8 Å². The zero-order chi connectivity index (χ0) is 25.4. The molecule has 0 fully saturated rings. The fourth-order valence-electron chi connectivity index (χ4n) is 3.20. The summed E-state index contributed by atoms with van der Waals surface area (Å²) in [5, 5.41) is 3.92. The third-order valence-corrected chi connectivity index (χ3v) is 5.00. The van der Waals surface area contributed by atoms with Gasteiger partial charge in [0.1, 0.15) is 12.3 Å². The number of carbonyl (C=O) groups excluding carboxylic acids is 2. The first-order valence-electron chi connectivity index (χ1n) is 10.8.